The van der Waals surface area contributed by atoms with Gasteiger partial charge in [-0.1, -0.05) is 12.1 Å². The van der Waals surface area contributed by atoms with Gasteiger partial charge >= 0.3 is 0 Å². The largest absolute Gasteiger partial charge is 0.368 e. The van der Waals surface area contributed by atoms with E-state index in [1.54, 1.807) is 29.3 Å². The zero-order valence-corrected chi connectivity index (χ0v) is 18.0. The van der Waals surface area contributed by atoms with Crippen molar-refractivity contribution in [2.24, 2.45) is 0 Å². The number of carbonyl (C=O) groups excluding carboxylic acids is 1. The Morgan fingerprint density at radius 1 is 1.12 bits per heavy atom. The average Bonchev–Trinajstić information content (AvgIpc) is 3.24. The number of benzene rings is 1. The predicted molar refractivity (Wildman–Crippen MR) is 118 cm³/mol. The molecule has 4 aromatic rings. The molecule has 0 bridgehead atoms. The van der Waals surface area contributed by atoms with Gasteiger partial charge in [0, 0.05) is 36.6 Å². The number of ether oxygens (including phenoxy) is 1. The number of imidazole rings is 1. The fourth-order valence-electron chi connectivity index (χ4n) is 4.02. The van der Waals surface area contributed by atoms with Crippen LogP contribution in [0.15, 0.2) is 60.9 Å². The number of rotatable bonds is 4. The van der Waals surface area contributed by atoms with Crippen LogP contribution < -0.4 is 0 Å². The first-order valence-electron chi connectivity index (χ1n) is 10.7. The Balaban J connectivity index is 1.34. The van der Waals surface area contributed by atoms with Crippen molar-refractivity contribution in [2.75, 3.05) is 19.7 Å². The molecular weight excluding hydrogens is 426 g/mol. The van der Waals surface area contributed by atoms with Gasteiger partial charge in [-0.2, -0.15) is 0 Å². The van der Waals surface area contributed by atoms with Gasteiger partial charge in [-0.25, -0.2) is 13.8 Å². The zero-order valence-electron chi connectivity index (χ0n) is 18.0. The number of hydrogen-bond acceptors (Lipinski definition) is 4. The van der Waals surface area contributed by atoms with E-state index in [2.05, 4.69) is 9.97 Å². The van der Waals surface area contributed by atoms with Gasteiger partial charge in [0.2, 0.25) is 0 Å². The Morgan fingerprint density at radius 2 is 1.91 bits per heavy atom. The predicted octanol–water partition coefficient (Wildman–Crippen LogP) is 4.12. The van der Waals surface area contributed by atoms with Crippen LogP contribution in [0.25, 0.3) is 5.65 Å². The fraction of sp³-hybridized carbons (Fsp3) is 0.240. The second kappa shape index (κ2) is 8.71. The van der Waals surface area contributed by atoms with Crippen LogP contribution in [0.4, 0.5) is 8.78 Å². The molecule has 1 atom stereocenters. The van der Waals surface area contributed by atoms with E-state index in [-0.39, 0.29) is 17.9 Å². The van der Waals surface area contributed by atoms with Crippen molar-refractivity contribution in [1.29, 1.82) is 0 Å². The number of aryl methyl sites for hydroxylation is 1. The van der Waals surface area contributed by atoms with Crippen molar-refractivity contribution in [1.82, 2.24) is 19.3 Å². The molecule has 0 unspecified atom stereocenters. The standard InChI is InChI=1S/C25H22F2N4O2/c1-16-8-9-30-14-22(29-24(30)12-16)25(32)31-10-11-33-23(15-31)21-7-2-4-17(28-21)13-18-19(26)5-3-6-20(18)27/h2-9,12,14,23H,10-11,13,15H2,1H3/t23-/m1/s1. The first-order chi connectivity index (χ1) is 16.0. The molecule has 1 amide bonds. The summed E-state index contributed by atoms with van der Waals surface area (Å²) in [6, 6.07) is 13.0. The molecule has 168 valence electrons. The summed E-state index contributed by atoms with van der Waals surface area (Å²) in [5.41, 5.74) is 3.29. The topological polar surface area (TPSA) is 59.7 Å². The highest BCUT2D eigenvalue weighted by atomic mass is 19.1. The molecule has 5 rings (SSSR count). The third kappa shape index (κ3) is 4.34. The summed E-state index contributed by atoms with van der Waals surface area (Å²) in [6.45, 7) is 3.10. The molecule has 0 radical (unpaired) electrons. The Morgan fingerprint density at radius 3 is 2.73 bits per heavy atom. The monoisotopic (exact) mass is 448 g/mol. The second-order valence-corrected chi connectivity index (χ2v) is 8.14. The van der Waals surface area contributed by atoms with Gasteiger partial charge in [0.1, 0.15) is 29.1 Å². The summed E-state index contributed by atoms with van der Waals surface area (Å²) in [6.07, 6.45) is 3.20. The minimum Gasteiger partial charge on any atom is -0.368 e. The molecule has 1 saturated heterocycles. The molecule has 33 heavy (non-hydrogen) atoms. The first kappa shape index (κ1) is 21.2. The molecule has 4 heterocycles. The molecular formula is C25H22F2N4O2. The normalized spacial score (nSPS) is 16.3. The Hall–Kier alpha value is -3.65. The van der Waals surface area contributed by atoms with Crippen molar-refractivity contribution in [3.63, 3.8) is 0 Å². The zero-order chi connectivity index (χ0) is 22.9. The maximum Gasteiger partial charge on any atom is 0.274 e. The van der Waals surface area contributed by atoms with Gasteiger partial charge in [0.05, 0.1) is 18.8 Å². The van der Waals surface area contributed by atoms with E-state index in [1.807, 2.05) is 29.7 Å². The lowest BCUT2D eigenvalue weighted by molar-refractivity contribution is -0.0249. The maximum atomic E-state index is 14.0. The van der Waals surface area contributed by atoms with E-state index in [4.69, 9.17) is 4.74 Å². The van der Waals surface area contributed by atoms with Crippen LogP contribution in [-0.2, 0) is 11.2 Å². The van der Waals surface area contributed by atoms with Crippen LogP contribution in [0.3, 0.4) is 0 Å². The number of hydrogen-bond donors (Lipinski definition) is 0. The summed E-state index contributed by atoms with van der Waals surface area (Å²) in [5, 5.41) is 0. The number of aromatic nitrogens is 3. The van der Waals surface area contributed by atoms with Crippen LogP contribution >= 0.6 is 0 Å². The van der Waals surface area contributed by atoms with Crippen molar-refractivity contribution < 1.29 is 18.3 Å². The molecule has 0 spiro atoms. The van der Waals surface area contributed by atoms with Crippen LogP contribution in [0.1, 0.15) is 39.1 Å². The summed E-state index contributed by atoms with van der Waals surface area (Å²) in [4.78, 5) is 23.8. The lowest BCUT2D eigenvalue weighted by Gasteiger charge is -2.32. The number of carbonyl (C=O) groups is 1. The number of nitrogens with zero attached hydrogens (tertiary/aromatic N) is 4. The minimum absolute atomic E-state index is 0.0226. The quantitative estimate of drug-likeness (QED) is 0.471. The summed E-state index contributed by atoms with van der Waals surface area (Å²) in [7, 11) is 0. The van der Waals surface area contributed by atoms with E-state index in [9.17, 15) is 13.6 Å². The molecule has 0 N–H and O–H groups in total. The summed E-state index contributed by atoms with van der Waals surface area (Å²) in [5.74, 6) is -1.37. The Kier molecular flexibility index (Phi) is 5.60. The number of fused-ring (bicyclic) bond motifs is 1. The molecule has 0 aliphatic carbocycles. The van der Waals surface area contributed by atoms with Crippen LogP contribution in [0, 0.1) is 18.6 Å². The third-order valence-electron chi connectivity index (χ3n) is 5.77. The number of pyridine rings is 2. The van der Waals surface area contributed by atoms with Gasteiger partial charge in [0.25, 0.3) is 5.91 Å². The lowest BCUT2D eigenvalue weighted by atomic mass is 10.1. The molecule has 1 aliphatic heterocycles. The fourth-order valence-corrected chi connectivity index (χ4v) is 4.02. The molecule has 1 aliphatic rings. The molecule has 0 saturated carbocycles. The Bertz CT molecular complexity index is 1320. The first-order valence-corrected chi connectivity index (χ1v) is 10.7. The average molecular weight is 448 g/mol. The van der Waals surface area contributed by atoms with E-state index >= 15 is 0 Å². The van der Waals surface area contributed by atoms with Gasteiger partial charge in [-0.15, -0.1) is 0 Å². The summed E-state index contributed by atoms with van der Waals surface area (Å²) < 4.78 is 35.8. The summed E-state index contributed by atoms with van der Waals surface area (Å²) >= 11 is 0. The van der Waals surface area contributed by atoms with Gasteiger partial charge in [-0.05, 0) is 48.9 Å². The number of morpholine rings is 1. The molecule has 1 fully saturated rings. The minimum atomic E-state index is -0.601. The van der Waals surface area contributed by atoms with E-state index < -0.39 is 17.7 Å². The molecule has 1 aromatic carbocycles. The van der Waals surface area contributed by atoms with E-state index in [0.717, 1.165) is 11.2 Å². The number of halogens is 2. The van der Waals surface area contributed by atoms with Gasteiger partial charge in [-0.3, -0.25) is 9.78 Å². The van der Waals surface area contributed by atoms with Crippen molar-refractivity contribution in [3.05, 3.63) is 101 Å². The van der Waals surface area contributed by atoms with Crippen LogP contribution in [0.5, 0.6) is 0 Å². The highest BCUT2D eigenvalue weighted by Crippen LogP contribution is 2.24. The molecule has 3 aromatic heterocycles. The van der Waals surface area contributed by atoms with Crippen molar-refractivity contribution >= 4 is 11.6 Å². The smallest absolute Gasteiger partial charge is 0.274 e. The second-order valence-electron chi connectivity index (χ2n) is 8.14. The highest BCUT2D eigenvalue weighted by molar-refractivity contribution is 5.93. The van der Waals surface area contributed by atoms with Crippen LogP contribution in [-0.4, -0.2) is 44.9 Å². The lowest BCUT2D eigenvalue weighted by Crippen LogP contribution is -2.42. The van der Waals surface area contributed by atoms with Gasteiger partial charge < -0.3 is 14.0 Å². The van der Waals surface area contributed by atoms with Gasteiger partial charge in [0.15, 0.2) is 0 Å². The van der Waals surface area contributed by atoms with E-state index in [0.29, 0.717) is 36.8 Å². The number of amides is 1. The Labute approximate surface area is 189 Å². The van der Waals surface area contributed by atoms with Crippen molar-refractivity contribution in [2.45, 2.75) is 19.4 Å². The third-order valence-corrected chi connectivity index (χ3v) is 5.77. The van der Waals surface area contributed by atoms with E-state index in [1.165, 1.54) is 18.2 Å². The SMILES string of the molecule is Cc1ccn2cc(C(=O)N3CCO[C@@H](c4cccc(Cc5c(F)cccc5F)n4)C3)nc2c1. The maximum absolute atomic E-state index is 14.0. The molecule has 6 nitrogen and oxygen atoms in total. The molecule has 8 heteroatoms. The van der Waals surface area contributed by atoms with Crippen LogP contribution in [0.2, 0.25) is 0 Å². The van der Waals surface area contributed by atoms with Crippen molar-refractivity contribution in [3.8, 4) is 0 Å². The highest BCUT2D eigenvalue weighted by Gasteiger charge is 2.28.